The lowest BCUT2D eigenvalue weighted by atomic mass is 9.90. The fraction of sp³-hybridized carbons (Fsp3) is 0.346. The highest BCUT2D eigenvalue weighted by Gasteiger charge is 2.24. The van der Waals surface area contributed by atoms with Gasteiger partial charge in [-0.15, -0.1) is 0 Å². The average Bonchev–Trinajstić information content (AvgIpc) is 2.87. The van der Waals surface area contributed by atoms with Crippen LogP contribution in [-0.2, 0) is 19.6 Å². The number of nitrogens with one attached hydrogen (secondary N) is 3. The second kappa shape index (κ2) is 11.5. The second-order valence-electron chi connectivity index (χ2n) is 8.29. The Kier molecular flexibility index (Phi) is 7.95. The molecule has 6 heteroatoms. The zero-order valence-corrected chi connectivity index (χ0v) is 18.3. The lowest BCUT2D eigenvalue weighted by Crippen LogP contribution is -2.49. The number of hydrogen-bond donors (Lipinski definition) is 3. The molecule has 32 heavy (non-hydrogen) atoms. The second-order valence-corrected chi connectivity index (χ2v) is 8.29. The molecule has 4 rings (SSSR count). The van der Waals surface area contributed by atoms with Crippen molar-refractivity contribution in [3.63, 3.8) is 0 Å². The number of aromatic nitrogens is 2. The summed E-state index contributed by atoms with van der Waals surface area (Å²) in [7, 11) is 0. The fourth-order valence-corrected chi connectivity index (χ4v) is 4.15. The van der Waals surface area contributed by atoms with Crippen LogP contribution in [0.15, 0.2) is 73.1 Å². The topological polar surface area (TPSA) is 78.9 Å². The summed E-state index contributed by atoms with van der Waals surface area (Å²) >= 11 is 0. The zero-order valence-electron chi connectivity index (χ0n) is 18.3. The number of carbonyl (C=O) groups is 1. The third-order valence-electron chi connectivity index (χ3n) is 5.98. The molecule has 1 saturated carbocycles. The Labute approximate surface area is 189 Å². The Morgan fingerprint density at radius 3 is 2.00 bits per heavy atom. The number of hydrogen-bond acceptors (Lipinski definition) is 5. The first kappa shape index (κ1) is 22.1. The lowest BCUT2D eigenvalue weighted by Gasteiger charge is -2.33. The minimum Gasteiger partial charge on any atom is -0.347 e. The van der Waals surface area contributed by atoms with Crippen LogP contribution in [-0.4, -0.2) is 28.0 Å². The minimum absolute atomic E-state index is 0.155. The first-order chi connectivity index (χ1) is 15.8. The molecule has 1 aromatic carbocycles. The lowest BCUT2D eigenvalue weighted by molar-refractivity contribution is 0.0946. The molecule has 0 unspecified atom stereocenters. The van der Waals surface area contributed by atoms with E-state index in [0.29, 0.717) is 24.3 Å². The molecule has 3 N–H and O–H groups in total. The molecule has 6 nitrogen and oxygen atoms in total. The van der Waals surface area contributed by atoms with Gasteiger partial charge in [-0.2, -0.15) is 0 Å². The number of carbonyl (C=O) groups excluding carboxylic acids is 1. The van der Waals surface area contributed by atoms with Crippen molar-refractivity contribution in [3.05, 3.63) is 95.6 Å². The van der Waals surface area contributed by atoms with E-state index in [2.05, 4.69) is 56.3 Å². The van der Waals surface area contributed by atoms with Crippen molar-refractivity contribution >= 4 is 5.91 Å². The van der Waals surface area contributed by atoms with Crippen LogP contribution in [0.5, 0.6) is 0 Å². The highest BCUT2D eigenvalue weighted by molar-refractivity contribution is 5.92. The van der Waals surface area contributed by atoms with Gasteiger partial charge in [0.15, 0.2) is 0 Å². The molecule has 0 radical (unpaired) electrons. The zero-order chi connectivity index (χ0) is 22.0. The molecule has 1 fully saturated rings. The largest absolute Gasteiger partial charge is 0.347 e. The Morgan fingerprint density at radius 1 is 0.750 bits per heavy atom. The number of rotatable bonds is 9. The standard InChI is InChI=1S/C26H31N5O/c32-26(25-10-4-6-16-28-25)31-18-21-13-11-20(12-14-21)17-29-23-8-1-2-9-24(23)30-19-22-7-3-5-15-27-22/h3-7,10-16,23-24,29-30H,1-2,8-9,17-19H2,(H,31,32)/t23-,24+/m0/s1. The van der Waals surface area contributed by atoms with Crippen LogP contribution in [0.2, 0.25) is 0 Å². The van der Waals surface area contributed by atoms with Gasteiger partial charge >= 0.3 is 0 Å². The van der Waals surface area contributed by atoms with Crippen LogP contribution in [0, 0.1) is 0 Å². The van der Waals surface area contributed by atoms with Crippen molar-refractivity contribution in [1.82, 2.24) is 25.9 Å². The van der Waals surface area contributed by atoms with Crippen LogP contribution >= 0.6 is 0 Å². The van der Waals surface area contributed by atoms with Gasteiger partial charge in [-0.3, -0.25) is 14.8 Å². The molecule has 0 bridgehead atoms. The summed E-state index contributed by atoms with van der Waals surface area (Å²) in [6, 6.07) is 20.7. The van der Waals surface area contributed by atoms with Crippen molar-refractivity contribution in [2.24, 2.45) is 0 Å². The molecule has 1 aliphatic carbocycles. The van der Waals surface area contributed by atoms with E-state index in [9.17, 15) is 4.79 Å². The molecular formula is C26H31N5O. The monoisotopic (exact) mass is 429 g/mol. The Balaban J connectivity index is 1.24. The molecule has 2 heterocycles. The molecule has 166 valence electrons. The van der Waals surface area contributed by atoms with Gasteiger partial charge in [0, 0.05) is 44.1 Å². The molecule has 1 aliphatic rings. The molecule has 0 aliphatic heterocycles. The number of pyridine rings is 2. The van der Waals surface area contributed by atoms with Gasteiger partial charge in [-0.25, -0.2) is 0 Å². The van der Waals surface area contributed by atoms with Crippen LogP contribution in [0.3, 0.4) is 0 Å². The van der Waals surface area contributed by atoms with Gasteiger partial charge in [0.1, 0.15) is 5.69 Å². The summed E-state index contributed by atoms with van der Waals surface area (Å²) in [5.41, 5.74) is 3.85. The maximum atomic E-state index is 12.1. The van der Waals surface area contributed by atoms with E-state index in [4.69, 9.17) is 0 Å². The maximum absolute atomic E-state index is 12.1. The van der Waals surface area contributed by atoms with E-state index in [0.717, 1.165) is 24.3 Å². The fourth-order valence-electron chi connectivity index (χ4n) is 4.15. The predicted molar refractivity (Wildman–Crippen MR) is 126 cm³/mol. The number of amides is 1. The van der Waals surface area contributed by atoms with Crippen LogP contribution in [0.25, 0.3) is 0 Å². The average molecular weight is 430 g/mol. The van der Waals surface area contributed by atoms with Gasteiger partial charge < -0.3 is 16.0 Å². The van der Waals surface area contributed by atoms with Gasteiger partial charge in [-0.1, -0.05) is 49.2 Å². The molecule has 3 aromatic rings. The van der Waals surface area contributed by atoms with Crippen molar-refractivity contribution in [1.29, 1.82) is 0 Å². The molecular weight excluding hydrogens is 398 g/mol. The van der Waals surface area contributed by atoms with Crippen molar-refractivity contribution < 1.29 is 4.79 Å². The molecule has 1 amide bonds. The Morgan fingerprint density at radius 2 is 1.38 bits per heavy atom. The van der Waals surface area contributed by atoms with Crippen molar-refractivity contribution in [3.8, 4) is 0 Å². The summed E-state index contributed by atoms with van der Waals surface area (Å²) in [4.78, 5) is 20.6. The van der Waals surface area contributed by atoms with Crippen LogP contribution < -0.4 is 16.0 Å². The van der Waals surface area contributed by atoms with E-state index >= 15 is 0 Å². The third-order valence-corrected chi connectivity index (χ3v) is 5.98. The maximum Gasteiger partial charge on any atom is 0.270 e. The van der Waals surface area contributed by atoms with Crippen molar-refractivity contribution in [2.75, 3.05) is 0 Å². The molecule has 2 aromatic heterocycles. The highest BCUT2D eigenvalue weighted by Crippen LogP contribution is 2.19. The summed E-state index contributed by atoms with van der Waals surface area (Å²) < 4.78 is 0. The Bertz CT molecular complexity index is 963. The summed E-state index contributed by atoms with van der Waals surface area (Å²) in [6.07, 6.45) is 8.41. The van der Waals surface area contributed by atoms with E-state index in [-0.39, 0.29) is 5.91 Å². The predicted octanol–water partition coefficient (Wildman–Crippen LogP) is 3.60. The van der Waals surface area contributed by atoms with Gasteiger partial charge in [0.2, 0.25) is 0 Å². The summed E-state index contributed by atoms with van der Waals surface area (Å²) in [6.45, 7) is 2.14. The Hall–Kier alpha value is -3.09. The van der Waals surface area contributed by atoms with E-state index in [1.54, 1.807) is 18.3 Å². The van der Waals surface area contributed by atoms with E-state index in [1.165, 1.54) is 31.2 Å². The normalized spacial score (nSPS) is 18.2. The first-order valence-corrected chi connectivity index (χ1v) is 11.4. The summed E-state index contributed by atoms with van der Waals surface area (Å²) in [5.74, 6) is -0.155. The SMILES string of the molecule is O=C(NCc1ccc(CN[C@H]2CCCC[C@H]2NCc2ccccn2)cc1)c1ccccn1. The van der Waals surface area contributed by atoms with Gasteiger partial charge in [0.25, 0.3) is 5.91 Å². The minimum atomic E-state index is -0.155. The van der Waals surface area contributed by atoms with E-state index in [1.807, 2.05) is 24.4 Å². The third kappa shape index (κ3) is 6.45. The molecule has 2 atom stereocenters. The van der Waals surface area contributed by atoms with Crippen molar-refractivity contribution in [2.45, 2.75) is 57.4 Å². The van der Waals surface area contributed by atoms with Crippen LogP contribution in [0.1, 0.15) is 53.0 Å². The molecule has 0 spiro atoms. The first-order valence-electron chi connectivity index (χ1n) is 11.4. The van der Waals surface area contributed by atoms with Gasteiger partial charge in [-0.05, 0) is 48.2 Å². The van der Waals surface area contributed by atoms with E-state index < -0.39 is 0 Å². The summed E-state index contributed by atoms with van der Waals surface area (Å²) in [5, 5.41) is 10.4. The number of benzene rings is 1. The quantitative estimate of drug-likeness (QED) is 0.484. The van der Waals surface area contributed by atoms with Crippen LogP contribution in [0.4, 0.5) is 0 Å². The smallest absolute Gasteiger partial charge is 0.270 e. The molecule has 0 saturated heterocycles. The highest BCUT2D eigenvalue weighted by atomic mass is 16.1. The van der Waals surface area contributed by atoms with Gasteiger partial charge in [0.05, 0.1) is 5.69 Å². The number of nitrogens with zero attached hydrogens (tertiary/aromatic N) is 2.